The van der Waals surface area contributed by atoms with Crippen LogP contribution in [0.2, 0.25) is 0 Å². The van der Waals surface area contributed by atoms with Crippen LogP contribution in [-0.4, -0.2) is 81.4 Å². The van der Waals surface area contributed by atoms with Gasteiger partial charge in [-0.3, -0.25) is 0 Å². The standard InChI is InChI=1S/C41H52N2O8/c1-41(2,3)51-40(44)43-21-20-35(31-14-17-34(18-15-31)48-24-9-23-47-29-33-10-6-7-11-37(33)46-5)38(27-43)50-28-30-12-13-32-16-19-39(42-36(32)26-30)49-25-8-22-45-4/h6-7,10-19,26,35,38H,8-9,20-25,27-29H2,1-5H3. The van der Waals surface area contributed by atoms with Crippen molar-refractivity contribution in [2.24, 2.45) is 0 Å². The van der Waals surface area contributed by atoms with Gasteiger partial charge in [0.05, 0.1) is 58.3 Å². The van der Waals surface area contributed by atoms with Crippen molar-refractivity contribution in [2.45, 2.75) is 70.9 Å². The molecule has 2 atom stereocenters. The number of aromatic nitrogens is 1. The quantitative estimate of drug-likeness (QED) is 0.102. The Kier molecular flexibility index (Phi) is 13.9. The van der Waals surface area contributed by atoms with Gasteiger partial charge in [-0.15, -0.1) is 0 Å². The summed E-state index contributed by atoms with van der Waals surface area (Å²) in [5, 5.41) is 1.03. The smallest absolute Gasteiger partial charge is 0.410 e. The lowest BCUT2D eigenvalue weighted by atomic mass is 9.87. The minimum Gasteiger partial charge on any atom is -0.496 e. The van der Waals surface area contributed by atoms with E-state index in [9.17, 15) is 4.79 Å². The fraction of sp³-hybridized carbons (Fsp3) is 0.463. The minimum atomic E-state index is -0.577. The predicted molar refractivity (Wildman–Crippen MR) is 197 cm³/mol. The third kappa shape index (κ3) is 11.6. The lowest BCUT2D eigenvalue weighted by Gasteiger charge is -2.39. The van der Waals surface area contributed by atoms with Crippen molar-refractivity contribution in [3.63, 3.8) is 0 Å². The molecule has 1 fully saturated rings. The molecular formula is C41H52N2O8. The monoisotopic (exact) mass is 700 g/mol. The van der Waals surface area contributed by atoms with E-state index in [4.69, 9.17) is 38.1 Å². The highest BCUT2D eigenvalue weighted by Crippen LogP contribution is 2.33. The molecule has 51 heavy (non-hydrogen) atoms. The number of nitrogens with zero attached hydrogens (tertiary/aromatic N) is 2. The molecule has 2 unspecified atom stereocenters. The maximum Gasteiger partial charge on any atom is 0.410 e. The van der Waals surface area contributed by atoms with Gasteiger partial charge in [0.1, 0.15) is 17.1 Å². The summed E-state index contributed by atoms with van der Waals surface area (Å²) in [5.74, 6) is 2.31. The van der Waals surface area contributed by atoms with E-state index in [1.54, 1.807) is 19.1 Å². The molecule has 0 bridgehead atoms. The largest absolute Gasteiger partial charge is 0.496 e. The third-order valence-corrected chi connectivity index (χ3v) is 8.61. The number of rotatable bonds is 17. The highest BCUT2D eigenvalue weighted by molar-refractivity contribution is 5.79. The van der Waals surface area contributed by atoms with Crippen molar-refractivity contribution in [3.05, 3.63) is 95.6 Å². The Morgan fingerprint density at radius 1 is 0.863 bits per heavy atom. The Balaban J connectivity index is 1.19. The van der Waals surface area contributed by atoms with Gasteiger partial charge in [-0.05, 0) is 68.7 Å². The second-order valence-corrected chi connectivity index (χ2v) is 13.7. The zero-order chi connectivity index (χ0) is 36.1. The fourth-order valence-electron chi connectivity index (χ4n) is 6.02. The lowest BCUT2D eigenvalue weighted by Crippen LogP contribution is -2.48. The van der Waals surface area contributed by atoms with Gasteiger partial charge < -0.3 is 38.1 Å². The maximum atomic E-state index is 13.1. The molecule has 0 aliphatic carbocycles. The predicted octanol–water partition coefficient (Wildman–Crippen LogP) is 7.95. The highest BCUT2D eigenvalue weighted by atomic mass is 16.6. The number of fused-ring (bicyclic) bond motifs is 1. The van der Waals surface area contributed by atoms with Gasteiger partial charge in [0.2, 0.25) is 5.88 Å². The first-order valence-corrected chi connectivity index (χ1v) is 17.8. The zero-order valence-corrected chi connectivity index (χ0v) is 30.6. The van der Waals surface area contributed by atoms with E-state index in [-0.39, 0.29) is 18.1 Å². The minimum absolute atomic E-state index is 0.0896. The van der Waals surface area contributed by atoms with Crippen LogP contribution in [0, 0.1) is 0 Å². The number of carbonyl (C=O) groups excluding carboxylic acids is 1. The summed E-state index contributed by atoms with van der Waals surface area (Å²) in [4.78, 5) is 19.5. The summed E-state index contributed by atoms with van der Waals surface area (Å²) >= 11 is 0. The van der Waals surface area contributed by atoms with Gasteiger partial charge in [0.15, 0.2) is 0 Å². The molecule has 4 aromatic rings. The average Bonchev–Trinajstić information content (AvgIpc) is 3.13. The number of piperidine rings is 1. The molecule has 0 saturated carbocycles. The molecule has 1 saturated heterocycles. The number of methoxy groups -OCH3 is 2. The number of carbonyl (C=O) groups is 1. The first-order valence-electron chi connectivity index (χ1n) is 17.8. The molecule has 2 heterocycles. The third-order valence-electron chi connectivity index (χ3n) is 8.61. The molecular weight excluding hydrogens is 648 g/mol. The number of likely N-dealkylation sites (tertiary alicyclic amines) is 1. The second-order valence-electron chi connectivity index (χ2n) is 13.7. The van der Waals surface area contributed by atoms with E-state index < -0.39 is 5.60 Å². The van der Waals surface area contributed by atoms with Gasteiger partial charge >= 0.3 is 6.09 Å². The number of pyridine rings is 1. The number of para-hydroxylation sites is 1. The van der Waals surface area contributed by atoms with E-state index in [0.29, 0.717) is 58.6 Å². The molecule has 0 spiro atoms. The van der Waals surface area contributed by atoms with Crippen molar-refractivity contribution in [1.29, 1.82) is 0 Å². The fourth-order valence-corrected chi connectivity index (χ4v) is 6.02. The van der Waals surface area contributed by atoms with Crippen LogP contribution in [0.3, 0.4) is 0 Å². The number of ether oxygens (including phenoxy) is 7. The zero-order valence-electron chi connectivity index (χ0n) is 30.6. The van der Waals surface area contributed by atoms with E-state index in [2.05, 4.69) is 18.2 Å². The van der Waals surface area contributed by atoms with Crippen molar-refractivity contribution in [2.75, 3.05) is 53.7 Å². The van der Waals surface area contributed by atoms with Crippen LogP contribution in [0.15, 0.2) is 78.9 Å². The van der Waals surface area contributed by atoms with Crippen molar-refractivity contribution in [1.82, 2.24) is 9.88 Å². The van der Waals surface area contributed by atoms with Gasteiger partial charge in [-0.25, -0.2) is 9.78 Å². The first kappa shape index (κ1) is 37.9. The molecule has 3 aromatic carbocycles. The molecule has 1 aliphatic heterocycles. The molecule has 0 N–H and O–H groups in total. The Morgan fingerprint density at radius 3 is 2.41 bits per heavy atom. The summed E-state index contributed by atoms with van der Waals surface area (Å²) in [6.45, 7) is 9.85. The molecule has 10 nitrogen and oxygen atoms in total. The number of amides is 1. The lowest BCUT2D eigenvalue weighted by molar-refractivity contribution is -0.0359. The number of hydrogen-bond acceptors (Lipinski definition) is 9. The van der Waals surface area contributed by atoms with Gasteiger partial charge in [-0.2, -0.15) is 0 Å². The topological polar surface area (TPSA) is 97.8 Å². The molecule has 1 amide bonds. The maximum absolute atomic E-state index is 13.1. The highest BCUT2D eigenvalue weighted by Gasteiger charge is 2.35. The van der Waals surface area contributed by atoms with Crippen LogP contribution in [-0.2, 0) is 32.2 Å². The van der Waals surface area contributed by atoms with Crippen molar-refractivity contribution in [3.8, 4) is 17.4 Å². The first-order chi connectivity index (χ1) is 24.7. The van der Waals surface area contributed by atoms with Gasteiger partial charge in [0, 0.05) is 56.0 Å². The van der Waals surface area contributed by atoms with Crippen molar-refractivity contribution >= 4 is 17.0 Å². The molecule has 1 aromatic heterocycles. The van der Waals surface area contributed by atoms with Crippen LogP contribution in [0.4, 0.5) is 4.79 Å². The van der Waals surface area contributed by atoms with Crippen molar-refractivity contribution < 1.29 is 38.0 Å². The summed E-state index contributed by atoms with van der Waals surface area (Å²) in [5.41, 5.74) is 3.43. The van der Waals surface area contributed by atoms with E-state index >= 15 is 0 Å². The SMILES string of the molecule is COCCCOc1ccc2ccc(COC3CN(C(=O)OC(C)(C)C)CCC3c3ccc(OCCCOCc4ccccc4OC)cc3)cc2n1. The molecule has 10 heteroatoms. The van der Waals surface area contributed by atoms with Crippen LogP contribution in [0.25, 0.3) is 10.9 Å². The summed E-state index contributed by atoms with van der Waals surface area (Å²) in [6, 6.07) is 26.1. The Hall–Kier alpha value is -4.38. The van der Waals surface area contributed by atoms with Gasteiger partial charge in [-0.1, -0.05) is 42.5 Å². The van der Waals surface area contributed by atoms with Crippen LogP contribution < -0.4 is 14.2 Å². The van der Waals surface area contributed by atoms with Crippen LogP contribution in [0.5, 0.6) is 17.4 Å². The molecule has 1 aliphatic rings. The summed E-state index contributed by atoms with van der Waals surface area (Å²) in [7, 11) is 3.35. The number of hydrogen-bond donors (Lipinski definition) is 0. The summed E-state index contributed by atoms with van der Waals surface area (Å²) < 4.78 is 40.5. The Bertz CT molecular complexity index is 1670. The molecule has 274 valence electrons. The Labute approximate surface area is 301 Å². The number of benzene rings is 3. The average molecular weight is 701 g/mol. The van der Waals surface area contributed by atoms with Gasteiger partial charge in [0.25, 0.3) is 0 Å². The van der Waals surface area contributed by atoms with Crippen LogP contribution in [0.1, 0.15) is 62.6 Å². The molecule has 5 rings (SSSR count). The van der Waals surface area contributed by atoms with Crippen LogP contribution >= 0.6 is 0 Å². The van der Waals surface area contributed by atoms with E-state index in [1.165, 1.54) is 0 Å². The van der Waals surface area contributed by atoms with E-state index in [0.717, 1.165) is 58.4 Å². The second kappa shape index (κ2) is 18.7. The summed E-state index contributed by atoms with van der Waals surface area (Å²) in [6.07, 6.45) is 1.75. The van der Waals surface area contributed by atoms with E-state index in [1.807, 2.05) is 81.4 Å². The Morgan fingerprint density at radius 2 is 1.63 bits per heavy atom. The molecule has 0 radical (unpaired) electrons. The normalized spacial score (nSPS) is 16.2.